The highest BCUT2D eigenvalue weighted by molar-refractivity contribution is 14.0. The molecule has 0 bridgehead atoms. The van der Waals surface area contributed by atoms with Crippen molar-refractivity contribution in [2.75, 3.05) is 7.05 Å². The van der Waals surface area contributed by atoms with Gasteiger partial charge in [0.1, 0.15) is 12.4 Å². The normalized spacial score (nSPS) is 14.0. The molecule has 0 aliphatic heterocycles. The molecule has 3 rings (SSSR count). The Balaban J connectivity index is 0.00000243. The number of halogens is 1. The number of ether oxygens (including phenoxy) is 1. The maximum Gasteiger partial charge on any atom is 0.191 e. The lowest BCUT2D eigenvalue weighted by molar-refractivity contribution is 0.306. The number of aliphatic imine (C=N–C) groups is 1. The maximum absolute atomic E-state index is 5.82. The van der Waals surface area contributed by atoms with Crippen LogP contribution in [-0.4, -0.2) is 19.0 Å². The van der Waals surface area contributed by atoms with Gasteiger partial charge < -0.3 is 15.4 Å². The van der Waals surface area contributed by atoms with E-state index in [1.165, 1.54) is 11.1 Å². The van der Waals surface area contributed by atoms with E-state index >= 15 is 0 Å². The highest BCUT2D eigenvalue weighted by Gasteiger charge is 2.11. The molecule has 0 saturated heterocycles. The summed E-state index contributed by atoms with van der Waals surface area (Å²) in [4.78, 5) is 4.29. The van der Waals surface area contributed by atoms with Crippen LogP contribution in [-0.2, 0) is 13.2 Å². The molecule has 138 valence electrons. The smallest absolute Gasteiger partial charge is 0.191 e. The van der Waals surface area contributed by atoms with Gasteiger partial charge in [0.2, 0.25) is 0 Å². The molecular weight excluding hydrogens is 437 g/mol. The fourth-order valence-corrected chi connectivity index (χ4v) is 2.75. The van der Waals surface area contributed by atoms with Crippen LogP contribution in [0.4, 0.5) is 0 Å². The predicted octanol–water partition coefficient (Wildman–Crippen LogP) is 4.27. The van der Waals surface area contributed by atoms with Crippen LogP contribution in [0, 0.1) is 0 Å². The zero-order valence-corrected chi connectivity index (χ0v) is 17.4. The Morgan fingerprint density at radius 3 is 2.35 bits per heavy atom. The topological polar surface area (TPSA) is 45.7 Å². The fraction of sp³-hybridized carbons (Fsp3) is 0.286. The molecule has 0 heterocycles. The number of nitrogens with zero attached hydrogens (tertiary/aromatic N) is 1. The number of hydrogen-bond acceptors (Lipinski definition) is 2. The van der Waals surface area contributed by atoms with Crippen molar-refractivity contribution in [1.29, 1.82) is 0 Å². The van der Waals surface area contributed by atoms with Crippen molar-refractivity contribution < 1.29 is 4.74 Å². The molecule has 0 atom stereocenters. The van der Waals surface area contributed by atoms with E-state index in [1.54, 1.807) is 7.05 Å². The summed E-state index contributed by atoms with van der Waals surface area (Å²) >= 11 is 0. The summed E-state index contributed by atoms with van der Waals surface area (Å²) in [6, 6.07) is 18.8. The average molecular weight is 463 g/mol. The number of benzene rings is 2. The Labute approximate surface area is 172 Å². The highest BCUT2D eigenvalue weighted by atomic mass is 127. The second-order valence-electron chi connectivity index (χ2n) is 6.13. The molecule has 0 amide bonds. The van der Waals surface area contributed by atoms with Crippen molar-refractivity contribution in [3.63, 3.8) is 0 Å². The average Bonchev–Trinajstić information content (AvgIpc) is 3.18. The molecule has 0 fully saturated rings. The molecule has 2 N–H and O–H groups in total. The lowest BCUT2D eigenvalue weighted by Crippen LogP contribution is -2.42. The van der Waals surface area contributed by atoms with Crippen molar-refractivity contribution in [2.24, 2.45) is 4.99 Å². The fourth-order valence-electron chi connectivity index (χ4n) is 2.75. The van der Waals surface area contributed by atoms with Gasteiger partial charge >= 0.3 is 0 Å². The van der Waals surface area contributed by atoms with Gasteiger partial charge in [-0.2, -0.15) is 0 Å². The second-order valence-corrected chi connectivity index (χ2v) is 6.13. The standard InChI is InChI=1S/C21H25N3O.HI/c1-22-21(24-19-9-5-6-10-19)23-15-17-11-13-20(14-12-17)25-16-18-7-3-2-4-8-18;/h2-8,11-14,19H,9-10,15-16H2,1H3,(H2,22,23,24);1H. The monoisotopic (exact) mass is 463 g/mol. The first-order chi connectivity index (χ1) is 12.3. The highest BCUT2D eigenvalue weighted by Crippen LogP contribution is 2.14. The minimum atomic E-state index is 0. The Bertz CT molecular complexity index is 706. The van der Waals surface area contributed by atoms with E-state index in [-0.39, 0.29) is 24.0 Å². The summed E-state index contributed by atoms with van der Waals surface area (Å²) in [5.74, 6) is 1.73. The molecule has 0 saturated carbocycles. The molecule has 4 nitrogen and oxygen atoms in total. The van der Waals surface area contributed by atoms with E-state index in [4.69, 9.17) is 4.74 Å². The largest absolute Gasteiger partial charge is 0.489 e. The third-order valence-corrected chi connectivity index (χ3v) is 4.20. The van der Waals surface area contributed by atoms with Crippen molar-refractivity contribution in [1.82, 2.24) is 10.6 Å². The number of nitrogens with one attached hydrogen (secondary N) is 2. The van der Waals surface area contributed by atoms with E-state index in [1.807, 2.05) is 30.3 Å². The lowest BCUT2D eigenvalue weighted by atomic mass is 10.2. The Hall–Kier alpha value is -2.02. The van der Waals surface area contributed by atoms with Gasteiger partial charge in [0.05, 0.1) is 0 Å². The zero-order valence-electron chi connectivity index (χ0n) is 15.0. The van der Waals surface area contributed by atoms with Gasteiger partial charge in [-0.05, 0) is 36.1 Å². The molecule has 2 aromatic carbocycles. The first kappa shape index (κ1) is 20.3. The Kier molecular flexibility index (Phi) is 8.47. The minimum Gasteiger partial charge on any atom is -0.489 e. The molecule has 0 spiro atoms. The van der Waals surface area contributed by atoms with E-state index < -0.39 is 0 Å². The summed E-state index contributed by atoms with van der Waals surface area (Å²) in [7, 11) is 1.80. The van der Waals surface area contributed by atoms with Crippen LogP contribution in [0.3, 0.4) is 0 Å². The van der Waals surface area contributed by atoms with Crippen LogP contribution in [0.15, 0.2) is 71.7 Å². The van der Waals surface area contributed by atoms with Crippen molar-refractivity contribution in [3.8, 4) is 5.75 Å². The quantitative estimate of drug-likeness (QED) is 0.291. The molecular formula is C21H26IN3O. The van der Waals surface area contributed by atoms with E-state index in [0.717, 1.165) is 31.1 Å². The van der Waals surface area contributed by atoms with E-state index in [9.17, 15) is 0 Å². The summed E-state index contributed by atoms with van der Waals surface area (Å²) in [5, 5.41) is 6.80. The molecule has 2 aromatic rings. The van der Waals surface area contributed by atoms with Gasteiger partial charge in [0.15, 0.2) is 5.96 Å². The van der Waals surface area contributed by atoms with Gasteiger partial charge in [-0.15, -0.1) is 24.0 Å². The Morgan fingerprint density at radius 2 is 1.69 bits per heavy atom. The lowest BCUT2D eigenvalue weighted by Gasteiger charge is -2.17. The predicted molar refractivity (Wildman–Crippen MR) is 118 cm³/mol. The van der Waals surface area contributed by atoms with Crippen LogP contribution in [0.5, 0.6) is 5.75 Å². The summed E-state index contributed by atoms with van der Waals surface area (Å²) in [6.07, 6.45) is 6.54. The molecule has 0 radical (unpaired) electrons. The Morgan fingerprint density at radius 1 is 1.00 bits per heavy atom. The first-order valence-corrected chi connectivity index (χ1v) is 8.71. The molecule has 1 aliphatic rings. The molecule has 5 heteroatoms. The van der Waals surface area contributed by atoms with Crippen LogP contribution in [0.25, 0.3) is 0 Å². The summed E-state index contributed by atoms with van der Waals surface area (Å²) < 4.78 is 5.82. The van der Waals surface area contributed by atoms with Gasteiger partial charge in [0.25, 0.3) is 0 Å². The van der Waals surface area contributed by atoms with Gasteiger partial charge in [-0.25, -0.2) is 0 Å². The van der Waals surface area contributed by atoms with Gasteiger partial charge in [-0.1, -0.05) is 54.6 Å². The number of hydrogen-bond donors (Lipinski definition) is 2. The van der Waals surface area contributed by atoms with E-state index in [2.05, 4.69) is 52.0 Å². The van der Waals surface area contributed by atoms with E-state index in [0.29, 0.717) is 12.6 Å². The van der Waals surface area contributed by atoms with Crippen LogP contribution in [0.1, 0.15) is 24.0 Å². The third kappa shape index (κ3) is 6.37. The SMILES string of the molecule is CN=C(NCc1ccc(OCc2ccccc2)cc1)NC1CC=CC1.I. The molecule has 0 unspecified atom stereocenters. The number of guanidine groups is 1. The maximum atomic E-state index is 5.82. The second kappa shape index (κ2) is 10.9. The first-order valence-electron chi connectivity index (χ1n) is 8.71. The molecule has 0 aromatic heterocycles. The summed E-state index contributed by atoms with van der Waals surface area (Å²) in [5.41, 5.74) is 2.36. The van der Waals surface area contributed by atoms with Crippen molar-refractivity contribution in [2.45, 2.75) is 32.0 Å². The van der Waals surface area contributed by atoms with Crippen molar-refractivity contribution in [3.05, 3.63) is 77.9 Å². The molecule has 26 heavy (non-hydrogen) atoms. The number of rotatable bonds is 6. The zero-order chi connectivity index (χ0) is 17.3. The van der Waals surface area contributed by atoms with Crippen LogP contribution >= 0.6 is 24.0 Å². The summed E-state index contributed by atoms with van der Waals surface area (Å²) in [6.45, 7) is 1.32. The van der Waals surface area contributed by atoms with Crippen molar-refractivity contribution >= 4 is 29.9 Å². The molecule has 1 aliphatic carbocycles. The minimum absolute atomic E-state index is 0. The van der Waals surface area contributed by atoms with Crippen LogP contribution in [0.2, 0.25) is 0 Å². The van der Waals surface area contributed by atoms with Gasteiger partial charge in [-0.3, -0.25) is 4.99 Å². The van der Waals surface area contributed by atoms with Crippen LogP contribution < -0.4 is 15.4 Å². The van der Waals surface area contributed by atoms with Gasteiger partial charge in [0, 0.05) is 19.6 Å². The third-order valence-electron chi connectivity index (χ3n) is 4.20.